The summed E-state index contributed by atoms with van der Waals surface area (Å²) in [6, 6.07) is 3.64. The van der Waals surface area contributed by atoms with Crippen molar-refractivity contribution in [2.24, 2.45) is 0 Å². The van der Waals surface area contributed by atoms with E-state index in [9.17, 15) is 0 Å². The van der Waals surface area contributed by atoms with Crippen molar-refractivity contribution in [2.75, 3.05) is 20.0 Å². The van der Waals surface area contributed by atoms with Gasteiger partial charge in [0.25, 0.3) is 0 Å². The summed E-state index contributed by atoms with van der Waals surface area (Å²) in [6.07, 6.45) is 0.847. The minimum atomic E-state index is 0.460. The van der Waals surface area contributed by atoms with Crippen LogP contribution >= 0.6 is 22.9 Å². The standard InChI is InChI=1S/C13H15ClN2O2S/c1-4-9-16-11(13(15)19-9)7-5-6-8(17-2)12(18-3)10(7)14/h5-6H,4,15H2,1-3H3. The van der Waals surface area contributed by atoms with E-state index in [1.807, 2.05) is 13.0 Å². The minimum absolute atomic E-state index is 0.460. The smallest absolute Gasteiger partial charge is 0.180 e. The fourth-order valence-electron chi connectivity index (χ4n) is 1.79. The Morgan fingerprint density at radius 3 is 2.58 bits per heavy atom. The molecule has 0 aliphatic rings. The fourth-order valence-corrected chi connectivity index (χ4v) is 2.90. The Bertz CT molecular complexity index is 599. The Labute approximate surface area is 121 Å². The van der Waals surface area contributed by atoms with Crippen LogP contribution in [-0.2, 0) is 6.42 Å². The van der Waals surface area contributed by atoms with Crippen LogP contribution in [0.3, 0.4) is 0 Å². The molecular formula is C13H15ClN2O2S. The summed E-state index contributed by atoms with van der Waals surface area (Å²) in [5.74, 6) is 1.08. The number of thiazole rings is 1. The van der Waals surface area contributed by atoms with Gasteiger partial charge in [0.05, 0.1) is 24.2 Å². The zero-order chi connectivity index (χ0) is 14.0. The number of anilines is 1. The van der Waals surface area contributed by atoms with Crippen LogP contribution in [0, 0.1) is 0 Å². The molecule has 19 heavy (non-hydrogen) atoms. The second-order valence-corrected chi connectivity index (χ2v) is 5.33. The van der Waals surface area contributed by atoms with E-state index in [0.29, 0.717) is 27.2 Å². The Kier molecular flexibility index (Phi) is 4.17. The number of aryl methyl sites for hydroxylation is 1. The van der Waals surface area contributed by atoms with Crippen LogP contribution in [0.25, 0.3) is 11.3 Å². The van der Waals surface area contributed by atoms with Gasteiger partial charge in [-0.3, -0.25) is 0 Å². The van der Waals surface area contributed by atoms with Gasteiger partial charge in [-0.1, -0.05) is 18.5 Å². The molecule has 1 aromatic heterocycles. The third-order valence-electron chi connectivity index (χ3n) is 2.74. The first-order valence-electron chi connectivity index (χ1n) is 5.78. The molecule has 2 rings (SSSR count). The molecule has 6 heteroatoms. The van der Waals surface area contributed by atoms with Crippen LogP contribution in [0.2, 0.25) is 5.02 Å². The number of nitrogens with two attached hydrogens (primary N) is 1. The second-order valence-electron chi connectivity index (χ2n) is 3.84. The van der Waals surface area contributed by atoms with Crippen LogP contribution in [-0.4, -0.2) is 19.2 Å². The molecule has 0 unspecified atom stereocenters. The van der Waals surface area contributed by atoms with Crippen molar-refractivity contribution in [1.29, 1.82) is 0 Å². The SMILES string of the molecule is CCc1nc(-c2ccc(OC)c(OC)c2Cl)c(N)s1. The maximum absolute atomic E-state index is 6.36. The predicted octanol–water partition coefficient (Wildman–Crippen LogP) is 3.63. The van der Waals surface area contributed by atoms with Gasteiger partial charge in [0, 0.05) is 5.56 Å². The molecule has 0 aliphatic carbocycles. The molecule has 0 spiro atoms. The van der Waals surface area contributed by atoms with Crippen molar-refractivity contribution < 1.29 is 9.47 Å². The topological polar surface area (TPSA) is 57.4 Å². The quantitative estimate of drug-likeness (QED) is 0.936. The number of hydrogen-bond acceptors (Lipinski definition) is 5. The summed E-state index contributed by atoms with van der Waals surface area (Å²) >= 11 is 7.83. The molecule has 0 bridgehead atoms. The molecule has 0 amide bonds. The van der Waals surface area contributed by atoms with E-state index >= 15 is 0 Å². The molecule has 2 aromatic rings. The van der Waals surface area contributed by atoms with Gasteiger partial charge in [-0.25, -0.2) is 4.98 Å². The van der Waals surface area contributed by atoms with E-state index < -0.39 is 0 Å². The maximum Gasteiger partial charge on any atom is 0.180 e. The highest BCUT2D eigenvalue weighted by Gasteiger charge is 2.18. The molecule has 0 radical (unpaired) electrons. The number of halogens is 1. The Balaban J connectivity index is 2.59. The molecule has 1 heterocycles. The molecular weight excluding hydrogens is 284 g/mol. The lowest BCUT2D eigenvalue weighted by Crippen LogP contribution is -1.94. The Morgan fingerprint density at radius 2 is 2.05 bits per heavy atom. The summed E-state index contributed by atoms with van der Waals surface area (Å²) in [5, 5.41) is 2.10. The second kappa shape index (κ2) is 5.67. The number of nitrogen functional groups attached to an aromatic ring is 1. The zero-order valence-electron chi connectivity index (χ0n) is 11.0. The van der Waals surface area contributed by atoms with E-state index in [1.165, 1.54) is 11.3 Å². The summed E-state index contributed by atoms with van der Waals surface area (Å²) in [5.41, 5.74) is 7.46. The molecule has 0 atom stereocenters. The fraction of sp³-hybridized carbons (Fsp3) is 0.308. The number of hydrogen-bond donors (Lipinski definition) is 1. The van der Waals surface area contributed by atoms with E-state index in [1.54, 1.807) is 20.3 Å². The van der Waals surface area contributed by atoms with Gasteiger partial charge in [-0.15, -0.1) is 11.3 Å². The molecule has 0 saturated carbocycles. The lowest BCUT2D eigenvalue weighted by molar-refractivity contribution is 0.355. The van der Waals surface area contributed by atoms with Gasteiger partial charge in [0.15, 0.2) is 11.5 Å². The molecule has 102 valence electrons. The van der Waals surface area contributed by atoms with Crippen LogP contribution < -0.4 is 15.2 Å². The van der Waals surface area contributed by atoms with Crippen molar-refractivity contribution >= 4 is 27.9 Å². The third-order valence-corrected chi connectivity index (χ3v) is 4.14. The maximum atomic E-state index is 6.36. The molecule has 0 aliphatic heterocycles. The van der Waals surface area contributed by atoms with E-state index in [0.717, 1.165) is 17.0 Å². The highest BCUT2D eigenvalue weighted by Crippen LogP contribution is 2.43. The summed E-state index contributed by atoms with van der Waals surface area (Å²) in [4.78, 5) is 4.50. The Morgan fingerprint density at radius 1 is 1.32 bits per heavy atom. The first kappa shape index (κ1) is 14.0. The van der Waals surface area contributed by atoms with Gasteiger partial charge < -0.3 is 15.2 Å². The first-order valence-corrected chi connectivity index (χ1v) is 6.97. The lowest BCUT2D eigenvalue weighted by atomic mass is 10.1. The highest BCUT2D eigenvalue weighted by molar-refractivity contribution is 7.16. The predicted molar refractivity (Wildman–Crippen MR) is 79.5 cm³/mol. The minimum Gasteiger partial charge on any atom is -0.493 e. The highest BCUT2D eigenvalue weighted by atomic mass is 35.5. The van der Waals surface area contributed by atoms with Crippen molar-refractivity contribution in [3.63, 3.8) is 0 Å². The third kappa shape index (κ3) is 2.48. The normalized spacial score (nSPS) is 10.5. The monoisotopic (exact) mass is 298 g/mol. The average molecular weight is 299 g/mol. The van der Waals surface area contributed by atoms with E-state index in [2.05, 4.69) is 4.98 Å². The number of nitrogens with zero attached hydrogens (tertiary/aromatic N) is 1. The molecule has 0 fully saturated rings. The summed E-state index contributed by atoms with van der Waals surface area (Å²) in [7, 11) is 3.12. The number of ether oxygens (including phenoxy) is 2. The first-order chi connectivity index (χ1) is 9.12. The van der Waals surface area contributed by atoms with Crippen molar-refractivity contribution in [3.05, 3.63) is 22.2 Å². The number of aromatic nitrogens is 1. The van der Waals surface area contributed by atoms with Crippen LogP contribution in [0.5, 0.6) is 11.5 Å². The van der Waals surface area contributed by atoms with Gasteiger partial charge in [-0.2, -0.15) is 0 Å². The van der Waals surface area contributed by atoms with Gasteiger partial charge >= 0.3 is 0 Å². The number of methoxy groups -OCH3 is 2. The van der Waals surface area contributed by atoms with Crippen LogP contribution in [0.4, 0.5) is 5.00 Å². The van der Waals surface area contributed by atoms with Gasteiger partial charge in [0.2, 0.25) is 0 Å². The molecule has 0 saturated heterocycles. The lowest BCUT2D eigenvalue weighted by Gasteiger charge is -2.12. The number of rotatable bonds is 4. The molecule has 2 N–H and O–H groups in total. The summed E-state index contributed by atoms with van der Waals surface area (Å²) < 4.78 is 10.5. The van der Waals surface area contributed by atoms with Crippen molar-refractivity contribution in [3.8, 4) is 22.8 Å². The van der Waals surface area contributed by atoms with Gasteiger partial charge in [-0.05, 0) is 18.6 Å². The van der Waals surface area contributed by atoms with E-state index in [-0.39, 0.29) is 0 Å². The van der Waals surface area contributed by atoms with Crippen molar-refractivity contribution in [1.82, 2.24) is 4.98 Å². The number of benzene rings is 1. The molecule has 1 aromatic carbocycles. The average Bonchev–Trinajstić information content (AvgIpc) is 2.79. The van der Waals surface area contributed by atoms with Crippen LogP contribution in [0.15, 0.2) is 12.1 Å². The van der Waals surface area contributed by atoms with Crippen molar-refractivity contribution in [2.45, 2.75) is 13.3 Å². The largest absolute Gasteiger partial charge is 0.493 e. The molecule has 4 nitrogen and oxygen atoms in total. The summed E-state index contributed by atoms with van der Waals surface area (Å²) in [6.45, 7) is 2.04. The van der Waals surface area contributed by atoms with Crippen LogP contribution in [0.1, 0.15) is 11.9 Å². The Hall–Kier alpha value is -1.46. The zero-order valence-corrected chi connectivity index (χ0v) is 12.6. The van der Waals surface area contributed by atoms with Gasteiger partial charge in [0.1, 0.15) is 10.7 Å². The van der Waals surface area contributed by atoms with E-state index in [4.69, 9.17) is 26.8 Å².